The predicted octanol–water partition coefficient (Wildman–Crippen LogP) is 2.09. The van der Waals surface area contributed by atoms with Crippen LogP contribution in [0.5, 0.6) is 0 Å². The van der Waals surface area contributed by atoms with E-state index >= 15 is 0 Å². The van der Waals surface area contributed by atoms with E-state index in [-0.39, 0.29) is 11.7 Å². The third-order valence-corrected chi connectivity index (χ3v) is 2.78. The molecule has 0 spiro atoms. The molecule has 1 atom stereocenters. The van der Waals surface area contributed by atoms with Gasteiger partial charge in [0.2, 0.25) is 0 Å². The van der Waals surface area contributed by atoms with Crippen molar-refractivity contribution < 1.29 is 4.79 Å². The first-order valence-corrected chi connectivity index (χ1v) is 5.42. The van der Waals surface area contributed by atoms with Gasteiger partial charge in [-0.2, -0.15) is 0 Å². The average Bonchev–Trinajstić information content (AvgIpc) is 2.21. The van der Waals surface area contributed by atoms with Crippen LogP contribution in [0.15, 0.2) is 24.3 Å². The Morgan fingerprint density at radius 3 is 2.67 bits per heavy atom. The van der Waals surface area contributed by atoms with Crippen LogP contribution < -0.4 is 5.73 Å². The van der Waals surface area contributed by atoms with Crippen LogP contribution >= 0.6 is 0 Å². The fourth-order valence-electron chi connectivity index (χ4n) is 1.58. The number of carbonyl (C=O) groups is 1. The summed E-state index contributed by atoms with van der Waals surface area (Å²) in [6.45, 7) is 4.57. The number of Topliss-reactive ketones (excluding diaryl/α,β-unsaturated/α-hetero) is 1. The second-order valence-electron chi connectivity index (χ2n) is 4.05. The van der Waals surface area contributed by atoms with Gasteiger partial charge in [0.1, 0.15) is 5.78 Å². The lowest BCUT2D eigenvalue weighted by molar-refractivity contribution is -0.121. The van der Waals surface area contributed by atoms with Crippen molar-refractivity contribution in [2.45, 2.75) is 26.7 Å². The lowest BCUT2D eigenvalue weighted by Gasteiger charge is -2.10. The molecule has 0 aliphatic rings. The lowest BCUT2D eigenvalue weighted by Crippen LogP contribution is -2.17. The Morgan fingerprint density at radius 1 is 1.40 bits per heavy atom. The molecular weight excluding hydrogens is 186 g/mol. The Morgan fingerprint density at radius 2 is 2.07 bits per heavy atom. The quantitative estimate of drug-likeness (QED) is 0.800. The summed E-state index contributed by atoms with van der Waals surface area (Å²) in [5.41, 5.74) is 7.76. The van der Waals surface area contributed by atoms with E-state index in [1.54, 1.807) is 0 Å². The summed E-state index contributed by atoms with van der Waals surface area (Å²) in [6, 6.07) is 8.02. The standard InChI is InChI=1S/C13H19NO/c1-10-5-3-4-6-12(10)9-13(15)11(2)7-8-14/h3-6,11H,7-9,14H2,1-2H3. The van der Waals surface area contributed by atoms with Gasteiger partial charge in [-0.3, -0.25) is 4.79 Å². The molecular formula is C13H19NO. The van der Waals surface area contributed by atoms with Gasteiger partial charge in [0.05, 0.1) is 0 Å². The maximum atomic E-state index is 11.8. The van der Waals surface area contributed by atoms with Crippen molar-refractivity contribution in [1.82, 2.24) is 0 Å². The number of carbonyl (C=O) groups excluding carboxylic acids is 1. The molecule has 0 amide bonds. The Bertz CT molecular complexity index is 333. The summed E-state index contributed by atoms with van der Waals surface area (Å²) < 4.78 is 0. The van der Waals surface area contributed by atoms with Gasteiger partial charge < -0.3 is 5.73 Å². The number of aryl methyl sites for hydroxylation is 1. The maximum Gasteiger partial charge on any atom is 0.140 e. The van der Waals surface area contributed by atoms with E-state index in [9.17, 15) is 4.79 Å². The number of nitrogens with two attached hydrogens (primary N) is 1. The Kier molecular flexibility index (Phi) is 4.50. The first-order valence-electron chi connectivity index (χ1n) is 5.42. The van der Waals surface area contributed by atoms with E-state index in [1.807, 2.05) is 38.1 Å². The monoisotopic (exact) mass is 205 g/mol. The number of ketones is 1. The van der Waals surface area contributed by atoms with Crippen LogP contribution in [0.1, 0.15) is 24.5 Å². The molecule has 0 aliphatic carbocycles. The Balaban J connectivity index is 2.62. The SMILES string of the molecule is Cc1ccccc1CC(=O)C(C)CCN. The highest BCUT2D eigenvalue weighted by atomic mass is 16.1. The molecule has 0 bridgehead atoms. The molecule has 0 saturated heterocycles. The first-order chi connectivity index (χ1) is 7.15. The summed E-state index contributed by atoms with van der Waals surface area (Å²) in [6.07, 6.45) is 1.32. The van der Waals surface area contributed by atoms with E-state index in [4.69, 9.17) is 5.73 Å². The van der Waals surface area contributed by atoms with Gasteiger partial charge in [-0.1, -0.05) is 31.2 Å². The zero-order chi connectivity index (χ0) is 11.3. The molecule has 0 fully saturated rings. The van der Waals surface area contributed by atoms with Gasteiger partial charge in [-0.25, -0.2) is 0 Å². The van der Waals surface area contributed by atoms with Crippen molar-refractivity contribution in [3.05, 3.63) is 35.4 Å². The second kappa shape index (κ2) is 5.66. The average molecular weight is 205 g/mol. The maximum absolute atomic E-state index is 11.8. The van der Waals surface area contributed by atoms with E-state index in [0.717, 1.165) is 12.0 Å². The number of benzene rings is 1. The highest BCUT2D eigenvalue weighted by molar-refractivity contribution is 5.83. The molecule has 0 heterocycles. The van der Waals surface area contributed by atoms with Crippen molar-refractivity contribution in [3.63, 3.8) is 0 Å². The smallest absolute Gasteiger partial charge is 0.140 e. The summed E-state index contributed by atoms with van der Waals surface area (Å²) in [5, 5.41) is 0. The fraction of sp³-hybridized carbons (Fsp3) is 0.462. The largest absolute Gasteiger partial charge is 0.330 e. The topological polar surface area (TPSA) is 43.1 Å². The van der Waals surface area contributed by atoms with Gasteiger partial charge in [0.15, 0.2) is 0 Å². The van der Waals surface area contributed by atoms with Crippen LogP contribution in [0.25, 0.3) is 0 Å². The van der Waals surface area contributed by atoms with Crippen molar-refractivity contribution in [1.29, 1.82) is 0 Å². The second-order valence-corrected chi connectivity index (χ2v) is 4.05. The number of hydrogen-bond donors (Lipinski definition) is 1. The fourth-order valence-corrected chi connectivity index (χ4v) is 1.58. The van der Waals surface area contributed by atoms with Crippen molar-refractivity contribution in [3.8, 4) is 0 Å². The summed E-state index contributed by atoms with van der Waals surface area (Å²) >= 11 is 0. The molecule has 2 heteroatoms. The normalized spacial score (nSPS) is 12.5. The third kappa shape index (κ3) is 3.48. The molecule has 0 saturated carbocycles. The molecule has 15 heavy (non-hydrogen) atoms. The van der Waals surface area contributed by atoms with Gasteiger partial charge >= 0.3 is 0 Å². The van der Waals surface area contributed by atoms with Crippen LogP contribution in [-0.4, -0.2) is 12.3 Å². The van der Waals surface area contributed by atoms with Crippen LogP contribution in [-0.2, 0) is 11.2 Å². The minimum atomic E-state index is 0.0783. The van der Waals surface area contributed by atoms with E-state index in [1.165, 1.54) is 5.56 Å². The summed E-state index contributed by atoms with van der Waals surface area (Å²) in [4.78, 5) is 11.8. The highest BCUT2D eigenvalue weighted by Crippen LogP contribution is 2.12. The summed E-state index contributed by atoms with van der Waals surface area (Å²) in [7, 11) is 0. The van der Waals surface area contributed by atoms with Crippen molar-refractivity contribution in [2.75, 3.05) is 6.54 Å². The van der Waals surface area contributed by atoms with E-state index in [2.05, 4.69) is 0 Å². The molecule has 0 radical (unpaired) electrons. The van der Waals surface area contributed by atoms with Gasteiger partial charge in [-0.15, -0.1) is 0 Å². The van der Waals surface area contributed by atoms with Gasteiger partial charge in [-0.05, 0) is 31.0 Å². The number of hydrogen-bond acceptors (Lipinski definition) is 2. The van der Waals surface area contributed by atoms with Crippen LogP contribution in [0.4, 0.5) is 0 Å². The van der Waals surface area contributed by atoms with Crippen molar-refractivity contribution >= 4 is 5.78 Å². The molecule has 1 aromatic carbocycles. The minimum absolute atomic E-state index is 0.0783. The molecule has 1 unspecified atom stereocenters. The van der Waals surface area contributed by atoms with E-state index < -0.39 is 0 Å². The van der Waals surface area contributed by atoms with Crippen LogP contribution in [0, 0.1) is 12.8 Å². The molecule has 1 aromatic rings. The predicted molar refractivity (Wildman–Crippen MR) is 62.7 cm³/mol. The third-order valence-electron chi connectivity index (χ3n) is 2.78. The molecule has 0 aromatic heterocycles. The molecule has 1 rings (SSSR count). The van der Waals surface area contributed by atoms with Gasteiger partial charge in [0, 0.05) is 12.3 Å². The van der Waals surface area contributed by atoms with Crippen LogP contribution in [0.2, 0.25) is 0 Å². The molecule has 2 nitrogen and oxygen atoms in total. The zero-order valence-electron chi connectivity index (χ0n) is 9.49. The summed E-state index contributed by atoms with van der Waals surface area (Å²) in [5.74, 6) is 0.365. The minimum Gasteiger partial charge on any atom is -0.330 e. The van der Waals surface area contributed by atoms with Gasteiger partial charge in [0.25, 0.3) is 0 Å². The molecule has 2 N–H and O–H groups in total. The van der Waals surface area contributed by atoms with Crippen molar-refractivity contribution in [2.24, 2.45) is 11.7 Å². The first kappa shape index (κ1) is 11.9. The Labute approximate surface area is 91.5 Å². The zero-order valence-corrected chi connectivity index (χ0v) is 9.49. The van der Waals surface area contributed by atoms with Crippen LogP contribution in [0.3, 0.4) is 0 Å². The molecule has 0 aliphatic heterocycles. The van der Waals surface area contributed by atoms with E-state index in [0.29, 0.717) is 13.0 Å². The molecule has 82 valence electrons. The number of rotatable bonds is 5. The Hall–Kier alpha value is -1.15. The lowest BCUT2D eigenvalue weighted by atomic mass is 9.95. The highest BCUT2D eigenvalue weighted by Gasteiger charge is 2.13.